The molecular formula is C8H9ClN2O. The predicted octanol–water partition coefficient (Wildman–Crippen LogP) is 1.95. The fraction of sp³-hybridized carbons (Fsp3) is 0.375. The molecule has 0 aromatic carbocycles. The van der Waals surface area contributed by atoms with Crippen LogP contribution in [0.4, 0.5) is 0 Å². The van der Waals surface area contributed by atoms with Crippen LogP contribution in [0.5, 0.6) is 0 Å². The fourth-order valence-corrected chi connectivity index (χ4v) is 1.44. The van der Waals surface area contributed by atoms with Gasteiger partial charge >= 0.3 is 0 Å². The Bertz CT molecular complexity index is 313. The number of hydrogen-bond acceptors (Lipinski definition) is 3. The largest absolute Gasteiger partial charge is 0.294 e. The van der Waals surface area contributed by atoms with Gasteiger partial charge in [0.2, 0.25) is 5.28 Å². The highest BCUT2D eigenvalue weighted by Gasteiger charge is 2.10. The molecule has 1 aromatic heterocycles. The number of carbonyl (C=O) groups excluding carboxylic acids is 1. The fourth-order valence-electron chi connectivity index (χ4n) is 1.18. The predicted molar refractivity (Wildman–Crippen MR) is 46.5 cm³/mol. The maximum atomic E-state index is 11.1. The van der Waals surface area contributed by atoms with Crippen LogP contribution < -0.4 is 0 Å². The standard InChI is InChI=1S/C8H9ClN2O/c1-4-7(6(3)12)5(2)11-8(9)10-4/h1-3H3. The molecule has 0 aliphatic carbocycles. The topological polar surface area (TPSA) is 42.9 Å². The van der Waals surface area contributed by atoms with E-state index in [2.05, 4.69) is 9.97 Å². The van der Waals surface area contributed by atoms with E-state index in [9.17, 15) is 4.79 Å². The molecule has 0 spiro atoms. The van der Waals surface area contributed by atoms with Crippen molar-refractivity contribution < 1.29 is 4.79 Å². The van der Waals surface area contributed by atoms with Crippen LogP contribution in [-0.4, -0.2) is 15.8 Å². The molecule has 0 aliphatic heterocycles. The molecule has 0 fully saturated rings. The molecule has 12 heavy (non-hydrogen) atoms. The first-order valence-corrected chi connectivity index (χ1v) is 3.92. The van der Waals surface area contributed by atoms with E-state index in [4.69, 9.17) is 11.6 Å². The highest BCUT2D eigenvalue weighted by atomic mass is 35.5. The Kier molecular flexibility index (Phi) is 2.43. The van der Waals surface area contributed by atoms with Crippen LogP contribution in [0.1, 0.15) is 28.7 Å². The van der Waals surface area contributed by atoms with Crippen LogP contribution >= 0.6 is 11.6 Å². The van der Waals surface area contributed by atoms with Crippen LogP contribution in [0.25, 0.3) is 0 Å². The molecule has 0 atom stereocenters. The van der Waals surface area contributed by atoms with Crippen molar-refractivity contribution in [2.45, 2.75) is 20.8 Å². The van der Waals surface area contributed by atoms with Gasteiger partial charge in [0, 0.05) is 0 Å². The molecule has 0 radical (unpaired) electrons. The Balaban J connectivity index is 3.38. The van der Waals surface area contributed by atoms with Crippen LogP contribution in [0.2, 0.25) is 5.28 Å². The molecule has 1 rings (SSSR count). The van der Waals surface area contributed by atoms with E-state index in [1.807, 2.05) is 0 Å². The van der Waals surface area contributed by atoms with Crippen molar-refractivity contribution in [3.8, 4) is 0 Å². The third-order valence-electron chi connectivity index (χ3n) is 1.60. The Labute approximate surface area is 75.8 Å². The van der Waals surface area contributed by atoms with Crippen molar-refractivity contribution in [1.82, 2.24) is 9.97 Å². The first-order valence-electron chi connectivity index (χ1n) is 3.54. The SMILES string of the molecule is CC(=O)c1c(C)nc(Cl)nc1C. The summed E-state index contributed by atoms with van der Waals surface area (Å²) in [5.41, 5.74) is 1.85. The van der Waals surface area contributed by atoms with Crippen molar-refractivity contribution in [3.63, 3.8) is 0 Å². The van der Waals surface area contributed by atoms with Crippen LogP contribution in [0.3, 0.4) is 0 Å². The number of carbonyl (C=O) groups is 1. The summed E-state index contributed by atoms with van der Waals surface area (Å²) in [7, 11) is 0. The molecule has 1 heterocycles. The third kappa shape index (κ3) is 1.61. The van der Waals surface area contributed by atoms with E-state index in [1.54, 1.807) is 13.8 Å². The molecule has 0 saturated carbocycles. The Morgan fingerprint density at radius 2 is 1.67 bits per heavy atom. The van der Waals surface area contributed by atoms with Gasteiger partial charge in [-0.3, -0.25) is 4.79 Å². The highest BCUT2D eigenvalue weighted by Crippen LogP contribution is 2.12. The maximum Gasteiger partial charge on any atom is 0.222 e. The van der Waals surface area contributed by atoms with E-state index in [0.717, 1.165) is 0 Å². The second-order valence-electron chi connectivity index (χ2n) is 2.59. The number of aryl methyl sites for hydroxylation is 2. The second kappa shape index (κ2) is 3.19. The minimum Gasteiger partial charge on any atom is -0.294 e. The molecule has 0 N–H and O–H groups in total. The van der Waals surface area contributed by atoms with Crippen molar-refractivity contribution in [2.24, 2.45) is 0 Å². The smallest absolute Gasteiger partial charge is 0.222 e. The molecule has 64 valence electrons. The van der Waals surface area contributed by atoms with E-state index < -0.39 is 0 Å². The lowest BCUT2D eigenvalue weighted by Gasteiger charge is -2.03. The van der Waals surface area contributed by atoms with E-state index >= 15 is 0 Å². The molecule has 0 unspecified atom stereocenters. The van der Waals surface area contributed by atoms with Crippen LogP contribution in [0.15, 0.2) is 0 Å². The first-order chi connectivity index (χ1) is 5.52. The molecule has 3 nitrogen and oxygen atoms in total. The zero-order chi connectivity index (χ0) is 9.30. The Morgan fingerprint density at radius 1 is 1.25 bits per heavy atom. The Morgan fingerprint density at radius 3 is 2.00 bits per heavy atom. The number of Topliss-reactive ketones (excluding diaryl/α,β-unsaturated/α-hetero) is 1. The van der Waals surface area contributed by atoms with Gasteiger partial charge in [0.1, 0.15) is 0 Å². The summed E-state index contributed by atoms with van der Waals surface area (Å²) in [6.07, 6.45) is 0. The average Bonchev–Trinajstić information content (AvgIpc) is 1.82. The molecule has 1 aromatic rings. The van der Waals surface area contributed by atoms with Gasteiger partial charge in [0.15, 0.2) is 5.78 Å². The van der Waals surface area contributed by atoms with Crippen LogP contribution in [-0.2, 0) is 0 Å². The van der Waals surface area contributed by atoms with Crippen molar-refractivity contribution in [2.75, 3.05) is 0 Å². The van der Waals surface area contributed by atoms with Crippen molar-refractivity contribution >= 4 is 17.4 Å². The molecule has 0 saturated heterocycles. The minimum absolute atomic E-state index is 0.0262. The molecule has 0 aliphatic rings. The number of hydrogen-bond donors (Lipinski definition) is 0. The quantitative estimate of drug-likeness (QED) is 0.495. The summed E-state index contributed by atoms with van der Waals surface area (Å²) in [6.45, 7) is 4.99. The number of aromatic nitrogens is 2. The van der Waals surface area contributed by atoms with Gasteiger partial charge in [-0.25, -0.2) is 9.97 Å². The zero-order valence-corrected chi connectivity index (χ0v) is 7.94. The first kappa shape index (κ1) is 9.13. The lowest BCUT2D eigenvalue weighted by molar-refractivity contribution is 0.101. The highest BCUT2D eigenvalue weighted by molar-refractivity contribution is 6.28. The summed E-state index contributed by atoms with van der Waals surface area (Å²) in [6, 6.07) is 0. The van der Waals surface area contributed by atoms with Crippen molar-refractivity contribution in [3.05, 3.63) is 22.2 Å². The summed E-state index contributed by atoms with van der Waals surface area (Å²) >= 11 is 5.59. The molecule has 4 heteroatoms. The molecule has 0 bridgehead atoms. The monoisotopic (exact) mass is 184 g/mol. The number of nitrogens with zero attached hydrogens (tertiary/aromatic N) is 2. The van der Waals surface area contributed by atoms with Gasteiger partial charge in [-0.05, 0) is 32.4 Å². The normalized spacial score (nSPS) is 10.0. The number of halogens is 1. The number of ketones is 1. The van der Waals surface area contributed by atoms with E-state index in [-0.39, 0.29) is 11.1 Å². The third-order valence-corrected chi connectivity index (χ3v) is 1.76. The van der Waals surface area contributed by atoms with Gasteiger partial charge in [-0.15, -0.1) is 0 Å². The second-order valence-corrected chi connectivity index (χ2v) is 2.93. The summed E-state index contributed by atoms with van der Waals surface area (Å²) in [5.74, 6) is -0.0262. The zero-order valence-electron chi connectivity index (χ0n) is 7.18. The van der Waals surface area contributed by atoms with Crippen molar-refractivity contribution in [1.29, 1.82) is 0 Å². The summed E-state index contributed by atoms with van der Waals surface area (Å²) in [5, 5.41) is 0.190. The molecular weight excluding hydrogens is 176 g/mol. The van der Waals surface area contributed by atoms with Gasteiger partial charge in [0.05, 0.1) is 17.0 Å². The lowest BCUT2D eigenvalue weighted by atomic mass is 10.1. The van der Waals surface area contributed by atoms with Gasteiger partial charge in [-0.1, -0.05) is 0 Å². The minimum atomic E-state index is -0.0262. The van der Waals surface area contributed by atoms with Gasteiger partial charge < -0.3 is 0 Å². The summed E-state index contributed by atoms with van der Waals surface area (Å²) < 4.78 is 0. The van der Waals surface area contributed by atoms with E-state index in [0.29, 0.717) is 17.0 Å². The van der Waals surface area contributed by atoms with E-state index in [1.165, 1.54) is 6.92 Å². The van der Waals surface area contributed by atoms with Gasteiger partial charge in [-0.2, -0.15) is 0 Å². The van der Waals surface area contributed by atoms with Crippen LogP contribution in [0, 0.1) is 13.8 Å². The molecule has 0 amide bonds. The summed E-state index contributed by atoms with van der Waals surface area (Å²) in [4.78, 5) is 18.9. The van der Waals surface area contributed by atoms with Gasteiger partial charge in [0.25, 0.3) is 0 Å². The Hall–Kier alpha value is -0.960. The lowest BCUT2D eigenvalue weighted by Crippen LogP contribution is -2.04. The average molecular weight is 185 g/mol. The number of rotatable bonds is 1. The maximum absolute atomic E-state index is 11.1.